The topological polar surface area (TPSA) is 37.3 Å². The number of Topliss-reactive ketones (excluding diaryl/α,β-unsaturated/α-hetero) is 1. The number of aliphatic hydroxyl groups is 1. The maximum absolute atomic E-state index is 13.3. The third kappa shape index (κ3) is 3.88. The van der Waals surface area contributed by atoms with Crippen LogP contribution in [-0.4, -0.2) is 17.0 Å². The predicted molar refractivity (Wildman–Crippen MR) is 117 cm³/mol. The van der Waals surface area contributed by atoms with Gasteiger partial charge in [-0.2, -0.15) is 0 Å². The van der Waals surface area contributed by atoms with Crippen LogP contribution in [0.1, 0.15) is 56.2 Å². The van der Waals surface area contributed by atoms with E-state index in [1.165, 1.54) is 12.1 Å². The number of hydrogen-bond acceptors (Lipinski definition) is 2. The van der Waals surface area contributed by atoms with Crippen LogP contribution in [-0.2, 0) is 4.79 Å². The molecule has 0 saturated heterocycles. The molecule has 2 aromatic carbocycles. The van der Waals surface area contributed by atoms with Gasteiger partial charge in [0.1, 0.15) is 5.82 Å². The summed E-state index contributed by atoms with van der Waals surface area (Å²) in [7, 11) is 0. The number of allylic oxidation sites excluding steroid dienone is 2. The van der Waals surface area contributed by atoms with Gasteiger partial charge in [0.15, 0.2) is 5.78 Å². The van der Waals surface area contributed by atoms with Crippen molar-refractivity contribution in [3.63, 3.8) is 0 Å². The molecular weight excluding hydrogens is 375 g/mol. The van der Waals surface area contributed by atoms with Crippen LogP contribution in [0.15, 0.2) is 65.3 Å². The Hall–Kier alpha value is -2.96. The van der Waals surface area contributed by atoms with E-state index in [2.05, 4.69) is 18.8 Å². The second-order valence-corrected chi connectivity index (χ2v) is 8.49. The molecule has 0 radical (unpaired) electrons. The highest BCUT2D eigenvalue weighted by molar-refractivity contribution is 6.12. The van der Waals surface area contributed by atoms with E-state index in [-0.39, 0.29) is 17.0 Å². The average molecular weight is 400 g/mol. The number of carbonyl (C=O) groups excluding carboxylic acids is 1. The maximum Gasteiger partial charge on any atom is 0.184 e. The van der Waals surface area contributed by atoms with Crippen molar-refractivity contribution in [2.45, 2.75) is 45.6 Å². The van der Waals surface area contributed by atoms with Crippen molar-refractivity contribution in [3.8, 4) is 11.8 Å². The third-order valence-corrected chi connectivity index (χ3v) is 6.40. The quantitative estimate of drug-likeness (QED) is 0.511. The summed E-state index contributed by atoms with van der Waals surface area (Å²) in [5.74, 6) is 5.79. The number of fused-ring (bicyclic) bond motifs is 1. The highest BCUT2D eigenvalue weighted by Crippen LogP contribution is 2.50. The minimum Gasteiger partial charge on any atom is -0.392 e. The first-order chi connectivity index (χ1) is 14.4. The molecule has 0 bridgehead atoms. The minimum atomic E-state index is -0.409. The summed E-state index contributed by atoms with van der Waals surface area (Å²) in [6.45, 7) is 3.98. The summed E-state index contributed by atoms with van der Waals surface area (Å²) in [5, 5.41) is 10.6. The van der Waals surface area contributed by atoms with E-state index in [1.807, 2.05) is 37.3 Å². The molecule has 0 aromatic heterocycles. The van der Waals surface area contributed by atoms with Gasteiger partial charge >= 0.3 is 0 Å². The average Bonchev–Trinajstić information content (AvgIpc) is 2.73. The summed E-state index contributed by atoms with van der Waals surface area (Å²) in [6.07, 6.45) is 4.71. The zero-order valence-corrected chi connectivity index (χ0v) is 17.3. The van der Waals surface area contributed by atoms with Gasteiger partial charge in [0, 0.05) is 22.1 Å². The second-order valence-electron chi connectivity index (χ2n) is 8.49. The van der Waals surface area contributed by atoms with E-state index >= 15 is 0 Å². The Morgan fingerprint density at radius 3 is 2.60 bits per heavy atom. The fourth-order valence-corrected chi connectivity index (χ4v) is 4.66. The largest absolute Gasteiger partial charge is 0.392 e. The molecule has 0 spiro atoms. The summed E-state index contributed by atoms with van der Waals surface area (Å²) in [4.78, 5) is 12.9. The highest BCUT2D eigenvalue weighted by Gasteiger charge is 2.45. The van der Waals surface area contributed by atoms with Crippen LogP contribution >= 0.6 is 0 Å². The van der Waals surface area contributed by atoms with Crippen LogP contribution in [0, 0.1) is 23.1 Å². The van der Waals surface area contributed by atoms with E-state index in [4.69, 9.17) is 0 Å². The molecule has 1 fully saturated rings. The van der Waals surface area contributed by atoms with Crippen molar-refractivity contribution in [1.82, 2.24) is 0 Å². The first kappa shape index (κ1) is 20.3. The van der Waals surface area contributed by atoms with Gasteiger partial charge in [-0.05, 0) is 80.2 Å². The third-order valence-electron chi connectivity index (χ3n) is 6.40. The van der Waals surface area contributed by atoms with Crippen LogP contribution < -0.4 is 0 Å². The maximum atomic E-state index is 13.3. The fourth-order valence-electron chi connectivity index (χ4n) is 4.66. The molecule has 1 saturated carbocycles. The smallest absolute Gasteiger partial charge is 0.184 e. The zero-order chi connectivity index (χ0) is 21.3. The van der Waals surface area contributed by atoms with Crippen LogP contribution in [0.25, 0.3) is 6.08 Å². The van der Waals surface area contributed by atoms with E-state index in [9.17, 15) is 14.3 Å². The van der Waals surface area contributed by atoms with Gasteiger partial charge in [0.25, 0.3) is 0 Å². The van der Waals surface area contributed by atoms with Crippen LogP contribution in [0.5, 0.6) is 0 Å². The molecule has 0 aliphatic heterocycles. The first-order valence-corrected chi connectivity index (χ1v) is 10.4. The Morgan fingerprint density at radius 2 is 1.87 bits per heavy atom. The Bertz CT molecular complexity index is 1110. The van der Waals surface area contributed by atoms with E-state index in [1.54, 1.807) is 12.1 Å². The predicted octanol–water partition coefficient (Wildman–Crippen LogP) is 5.45. The Morgan fingerprint density at radius 1 is 1.13 bits per heavy atom. The van der Waals surface area contributed by atoms with Crippen LogP contribution in [0.4, 0.5) is 4.39 Å². The van der Waals surface area contributed by atoms with Crippen LogP contribution in [0.3, 0.4) is 0 Å². The van der Waals surface area contributed by atoms with Gasteiger partial charge in [-0.25, -0.2) is 4.39 Å². The molecule has 3 heteroatoms. The highest BCUT2D eigenvalue weighted by atomic mass is 19.1. The lowest BCUT2D eigenvalue weighted by Crippen LogP contribution is -2.42. The second kappa shape index (κ2) is 8.05. The standard InChI is InChI=1S/C27H25FO2/c1-18-24-7-4-8-25(29)27(24,2)17-22(26(18)30)15-21-13-10-19(11-14-21)9-12-20-5-3-6-23(28)16-20/h3,5-6,10-11,13-16,25,29H,4,7-8,17H2,1-2H3/b22-15+/t25-,27-/m0/s1. The van der Waals surface area contributed by atoms with Crippen molar-refractivity contribution >= 4 is 11.9 Å². The number of carbonyl (C=O) groups is 1. The lowest BCUT2D eigenvalue weighted by molar-refractivity contribution is -0.113. The SMILES string of the molecule is CC1=C2CCC[C@H](O)[C@@]2(C)C/C(=C\c2ccc(C#Cc3cccc(F)c3)cc2)C1=O. The number of benzene rings is 2. The zero-order valence-electron chi connectivity index (χ0n) is 17.3. The lowest BCUT2D eigenvalue weighted by atomic mass is 9.61. The normalized spacial score (nSPS) is 25.0. The monoisotopic (exact) mass is 400 g/mol. The van der Waals surface area contributed by atoms with Crippen molar-refractivity contribution in [3.05, 3.63) is 87.8 Å². The van der Waals surface area contributed by atoms with Crippen LogP contribution in [0.2, 0.25) is 0 Å². The number of aliphatic hydroxyl groups excluding tert-OH is 1. The molecule has 2 atom stereocenters. The molecule has 2 aromatic rings. The molecule has 30 heavy (non-hydrogen) atoms. The van der Waals surface area contributed by atoms with Gasteiger partial charge in [-0.15, -0.1) is 0 Å². The molecule has 2 nitrogen and oxygen atoms in total. The summed E-state index contributed by atoms with van der Waals surface area (Å²) < 4.78 is 13.3. The Labute approximate surface area is 177 Å². The molecule has 0 unspecified atom stereocenters. The molecule has 2 aliphatic rings. The van der Waals surface area contributed by atoms with E-state index < -0.39 is 6.10 Å². The van der Waals surface area contributed by atoms with Crippen molar-refractivity contribution in [1.29, 1.82) is 0 Å². The van der Waals surface area contributed by atoms with Gasteiger partial charge in [0.05, 0.1) is 6.10 Å². The number of hydrogen-bond donors (Lipinski definition) is 1. The first-order valence-electron chi connectivity index (χ1n) is 10.4. The summed E-state index contributed by atoms with van der Waals surface area (Å²) >= 11 is 0. The minimum absolute atomic E-state index is 0.0894. The molecule has 0 amide bonds. The number of ketones is 1. The van der Waals surface area contributed by atoms with Gasteiger partial charge in [0.2, 0.25) is 0 Å². The molecule has 2 aliphatic carbocycles. The van der Waals surface area contributed by atoms with Gasteiger partial charge < -0.3 is 5.11 Å². The Kier molecular flexibility index (Phi) is 5.45. The Balaban J connectivity index is 1.58. The van der Waals surface area contributed by atoms with E-state index in [0.29, 0.717) is 12.0 Å². The molecule has 0 heterocycles. The van der Waals surface area contributed by atoms with Crippen molar-refractivity contribution in [2.75, 3.05) is 0 Å². The lowest BCUT2D eigenvalue weighted by Gasteiger charge is -2.45. The van der Waals surface area contributed by atoms with Crippen molar-refractivity contribution in [2.24, 2.45) is 5.41 Å². The van der Waals surface area contributed by atoms with Crippen molar-refractivity contribution < 1.29 is 14.3 Å². The number of rotatable bonds is 1. The number of halogens is 1. The van der Waals surface area contributed by atoms with Gasteiger partial charge in [-0.1, -0.05) is 42.5 Å². The fraction of sp³-hybridized carbons (Fsp3) is 0.296. The molecule has 4 rings (SSSR count). The van der Waals surface area contributed by atoms with E-state index in [0.717, 1.165) is 47.1 Å². The molecule has 1 N–H and O–H groups in total. The van der Waals surface area contributed by atoms with Gasteiger partial charge in [-0.3, -0.25) is 4.79 Å². The molecular formula is C27H25FO2. The summed E-state index contributed by atoms with van der Waals surface area (Å²) in [5.41, 5.74) is 4.71. The summed E-state index contributed by atoms with van der Waals surface area (Å²) in [6, 6.07) is 13.9. The molecule has 152 valence electrons.